The van der Waals surface area contributed by atoms with Gasteiger partial charge in [-0.1, -0.05) is 13.8 Å². The van der Waals surface area contributed by atoms with E-state index in [0.29, 0.717) is 18.4 Å². The van der Waals surface area contributed by atoms with Crippen LogP contribution >= 0.6 is 0 Å². The lowest BCUT2D eigenvalue weighted by atomic mass is 10.1. The molecule has 0 amide bonds. The van der Waals surface area contributed by atoms with Crippen molar-refractivity contribution in [2.24, 2.45) is 11.8 Å². The Balaban J connectivity index is 2.67. The molecule has 0 aliphatic heterocycles. The number of aliphatic hydroxyl groups excluding tert-OH is 1. The lowest BCUT2D eigenvalue weighted by molar-refractivity contribution is 0.161. The molecule has 102 valence electrons. The Morgan fingerprint density at radius 1 is 1.33 bits per heavy atom. The third-order valence-electron chi connectivity index (χ3n) is 2.31. The molecular weight excluding hydrogens is 242 g/mol. The van der Waals surface area contributed by atoms with Crippen molar-refractivity contribution in [3.05, 3.63) is 17.7 Å². The zero-order valence-electron chi connectivity index (χ0n) is 10.4. The quantitative estimate of drug-likeness (QED) is 0.460. The van der Waals surface area contributed by atoms with Crippen LogP contribution < -0.4 is 16.6 Å². The monoisotopic (exact) mass is 260 g/mol. The van der Waals surface area contributed by atoms with Crippen LogP contribution in [-0.2, 0) is 0 Å². The van der Waals surface area contributed by atoms with Crippen molar-refractivity contribution in [3.63, 3.8) is 0 Å². The van der Waals surface area contributed by atoms with Gasteiger partial charge in [-0.15, -0.1) is 0 Å². The molecular formula is C11H18F2N4O. The van der Waals surface area contributed by atoms with Gasteiger partial charge in [-0.25, -0.2) is 19.6 Å². The zero-order valence-corrected chi connectivity index (χ0v) is 10.4. The molecule has 1 aromatic heterocycles. The van der Waals surface area contributed by atoms with Crippen LogP contribution in [0.5, 0.6) is 0 Å². The number of halogens is 2. The molecule has 1 heterocycles. The molecule has 0 radical (unpaired) electrons. The predicted octanol–water partition coefficient (Wildman–Crippen LogP) is 1.46. The van der Waals surface area contributed by atoms with Crippen molar-refractivity contribution in [3.8, 4) is 0 Å². The Morgan fingerprint density at radius 3 is 2.50 bits per heavy atom. The summed E-state index contributed by atoms with van der Waals surface area (Å²) in [6.07, 6.45) is -0.0387. The van der Waals surface area contributed by atoms with E-state index >= 15 is 0 Å². The molecule has 1 unspecified atom stereocenters. The van der Waals surface area contributed by atoms with Crippen molar-refractivity contribution in [1.29, 1.82) is 0 Å². The van der Waals surface area contributed by atoms with E-state index in [-0.39, 0.29) is 18.2 Å². The van der Waals surface area contributed by atoms with E-state index in [1.165, 1.54) is 0 Å². The summed E-state index contributed by atoms with van der Waals surface area (Å²) in [7, 11) is 0. The minimum absolute atomic E-state index is 0.137. The number of aliphatic hydroxyl groups is 1. The number of rotatable bonds is 6. The molecule has 0 fully saturated rings. The molecule has 18 heavy (non-hydrogen) atoms. The van der Waals surface area contributed by atoms with E-state index < -0.39 is 17.7 Å². The summed E-state index contributed by atoms with van der Waals surface area (Å²) in [4.78, 5) is 3.63. The second-order valence-electron chi connectivity index (χ2n) is 4.46. The molecule has 5 nitrogen and oxygen atoms in total. The number of hydrogen-bond acceptors (Lipinski definition) is 5. The lowest BCUT2D eigenvalue weighted by Gasteiger charge is -2.15. The van der Waals surface area contributed by atoms with Crippen molar-refractivity contribution in [2.75, 3.05) is 17.3 Å². The van der Waals surface area contributed by atoms with Gasteiger partial charge in [-0.05, 0) is 12.3 Å². The molecule has 0 aliphatic rings. The van der Waals surface area contributed by atoms with Crippen LogP contribution in [0.25, 0.3) is 0 Å². The van der Waals surface area contributed by atoms with E-state index in [1.807, 2.05) is 19.3 Å². The van der Waals surface area contributed by atoms with Gasteiger partial charge < -0.3 is 15.8 Å². The number of aromatic nitrogens is 1. The summed E-state index contributed by atoms with van der Waals surface area (Å²) in [5.41, 5.74) is 2.03. The molecule has 0 saturated carbocycles. The van der Waals surface area contributed by atoms with Crippen molar-refractivity contribution < 1.29 is 13.9 Å². The highest BCUT2D eigenvalue weighted by atomic mass is 19.1. The summed E-state index contributed by atoms with van der Waals surface area (Å²) in [5, 5.41) is 12.2. The van der Waals surface area contributed by atoms with Crippen LogP contribution in [0.3, 0.4) is 0 Å². The number of nitrogens with zero attached hydrogens (tertiary/aromatic N) is 1. The zero-order chi connectivity index (χ0) is 13.7. The van der Waals surface area contributed by atoms with Crippen molar-refractivity contribution in [2.45, 2.75) is 26.4 Å². The second-order valence-corrected chi connectivity index (χ2v) is 4.46. The molecule has 0 saturated heterocycles. The van der Waals surface area contributed by atoms with Crippen LogP contribution in [-0.4, -0.2) is 22.7 Å². The molecule has 1 aromatic rings. The first-order chi connectivity index (χ1) is 8.43. The number of anilines is 2. The molecule has 5 N–H and O–H groups in total. The highest BCUT2D eigenvalue weighted by Crippen LogP contribution is 2.18. The number of pyridine rings is 1. The third kappa shape index (κ3) is 4.08. The van der Waals surface area contributed by atoms with Crippen LogP contribution in [0.2, 0.25) is 0 Å². The van der Waals surface area contributed by atoms with E-state index in [4.69, 9.17) is 5.84 Å². The van der Waals surface area contributed by atoms with Gasteiger partial charge in [-0.3, -0.25) is 0 Å². The molecule has 0 bridgehead atoms. The number of nitrogen functional groups attached to an aromatic ring is 1. The van der Waals surface area contributed by atoms with E-state index in [1.54, 1.807) is 0 Å². The molecule has 7 heteroatoms. The van der Waals surface area contributed by atoms with Crippen molar-refractivity contribution in [1.82, 2.24) is 4.98 Å². The van der Waals surface area contributed by atoms with Crippen molar-refractivity contribution >= 4 is 11.6 Å². The fourth-order valence-corrected chi connectivity index (χ4v) is 1.53. The minimum atomic E-state index is -0.872. The second kappa shape index (κ2) is 6.46. The highest BCUT2D eigenvalue weighted by molar-refractivity contribution is 5.46. The Hall–Kier alpha value is -1.47. The first-order valence-electron chi connectivity index (χ1n) is 5.68. The standard InChI is InChI=1S/C11H18F2N4O/c1-6(2)3-7(18)5-15-10-8(12)4-9(13)11(16-10)17-14/h4,6-7,18H,3,5,14H2,1-2H3,(H2,15,16,17). The first kappa shape index (κ1) is 14.6. The van der Waals surface area contributed by atoms with Gasteiger partial charge in [0.1, 0.15) is 0 Å². The topological polar surface area (TPSA) is 83.2 Å². The van der Waals surface area contributed by atoms with Crippen LogP contribution in [0, 0.1) is 17.6 Å². The number of nitrogens with two attached hydrogens (primary N) is 1. The Bertz CT molecular complexity index is 401. The third-order valence-corrected chi connectivity index (χ3v) is 2.31. The number of hydrogen-bond donors (Lipinski definition) is 4. The Labute approximate surface area is 104 Å². The van der Waals surface area contributed by atoms with E-state index in [0.717, 1.165) is 0 Å². The van der Waals surface area contributed by atoms with Gasteiger partial charge in [0, 0.05) is 12.6 Å². The van der Waals surface area contributed by atoms with Gasteiger partial charge >= 0.3 is 0 Å². The van der Waals surface area contributed by atoms with Gasteiger partial charge in [0.2, 0.25) is 0 Å². The van der Waals surface area contributed by atoms with Crippen LogP contribution in [0.4, 0.5) is 20.4 Å². The van der Waals surface area contributed by atoms with Crippen LogP contribution in [0.15, 0.2) is 6.07 Å². The maximum atomic E-state index is 13.4. The molecule has 1 atom stereocenters. The Morgan fingerprint density at radius 2 is 1.94 bits per heavy atom. The molecule has 0 aromatic carbocycles. The summed E-state index contributed by atoms with van der Waals surface area (Å²) in [5.74, 6) is 3.27. The van der Waals surface area contributed by atoms with Gasteiger partial charge in [0.05, 0.1) is 6.10 Å². The Kier molecular flexibility index (Phi) is 5.24. The highest BCUT2D eigenvalue weighted by Gasteiger charge is 2.13. The maximum absolute atomic E-state index is 13.4. The normalized spacial score (nSPS) is 12.6. The average Bonchev–Trinajstić information content (AvgIpc) is 2.27. The first-order valence-corrected chi connectivity index (χ1v) is 5.68. The SMILES string of the molecule is CC(C)CC(O)CNc1nc(NN)c(F)cc1F. The fraction of sp³-hybridized carbons (Fsp3) is 0.545. The molecule has 1 rings (SSSR count). The van der Waals surface area contributed by atoms with Gasteiger partial charge in [0.25, 0.3) is 0 Å². The average molecular weight is 260 g/mol. The number of nitrogens with one attached hydrogen (secondary N) is 2. The maximum Gasteiger partial charge on any atom is 0.178 e. The van der Waals surface area contributed by atoms with Gasteiger partial charge in [-0.2, -0.15) is 0 Å². The summed E-state index contributed by atoms with van der Waals surface area (Å²) >= 11 is 0. The minimum Gasteiger partial charge on any atom is -0.391 e. The summed E-state index contributed by atoms with van der Waals surface area (Å²) in [6.45, 7) is 4.07. The fourth-order valence-electron chi connectivity index (χ4n) is 1.53. The summed E-state index contributed by atoms with van der Waals surface area (Å²) < 4.78 is 26.4. The lowest BCUT2D eigenvalue weighted by Crippen LogP contribution is -2.22. The smallest absolute Gasteiger partial charge is 0.178 e. The molecule has 0 spiro atoms. The van der Waals surface area contributed by atoms with E-state index in [9.17, 15) is 13.9 Å². The predicted molar refractivity (Wildman–Crippen MR) is 65.9 cm³/mol. The number of hydrazine groups is 1. The van der Waals surface area contributed by atoms with Gasteiger partial charge in [0.15, 0.2) is 23.3 Å². The summed E-state index contributed by atoms with van der Waals surface area (Å²) in [6, 6.07) is 0.680. The van der Waals surface area contributed by atoms with E-state index in [2.05, 4.69) is 10.3 Å². The largest absolute Gasteiger partial charge is 0.391 e. The van der Waals surface area contributed by atoms with Crippen LogP contribution in [0.1, 0.15) is 20.3 Å². The molecule has 0 aliphatic carbocycles.